The number of hydrogen-bond donors (Lipinski definition) is 0. The molecule has 0 aliphatic carbocycles. The lowest BCUT2D eigenvalue weighted by Gasteiger charge is -2.33. The Balaban J connectivity index is 1.81. The number of carbonyl (C=O) groups is 1. The molecule has 234 valence electrons. The molecule has 6 aromatic carbocycles. The van der Waals surface area contributed by atoms with Crippen LogP contribution in [0.1, 0.15) is 38.3 Å². The smallest absolute Gasteiger partial charge is 0.196 e. The van der Waals surface area contributed by atoms with Gasteiger partial charge >= 0.3 is 0 Å². The Morgan fingerprint density at radius 1 is 0.500 bits per heavy atom. The van der Waals surface area contributed by atoms with Crippen molar-refractivity contribution in [2.75, 3.05) is 0 Å². The van der Waals surface area contributed by atoms with Crippen molar-refractivity contribution in [3.63, 3.8) is 0 Å². The summed E-state index contributed by atoms with van der Waals surface area (Å²) in [5.41, 5.74) is 8.69. The predicted molar refractivity (Wildman–Crippen MR) is 204 cm³/mol. The molecule has 0 atom stereocenters. The molecule has 0 aliphatic heterocycles. The number of aromatic nitrogens is 2. The van der Waals surface area contributed by atoms with Gasteiger partial charge in [-0.05, 0) is 85.9 Å². The van der Waals surface area contributed by atoms with Crippen molar-refractivity contribution in [1.29, 1.82) is 0 Å². The fraction of sp³-hybridized carbons (Fsp3) is 0.0909. The van der Waals surface area contributed by atoms with Crippen LogP contribution in [-0.4, -0.2) is 21.0 Å². The minimum atomic E-state index is -2.93. The molecule has 0 N–H and O–H groups in total. The summed E-state index contributed by atoms with van der Waals surface area (Å²) in [7, 11) is 0. The van der Waals surface area contributed by atoms with Gasteiger partial charge in [-0.1, -0.05) is 139 Å². The Labute approximate surface area is 283 Å². The second-order valence-electron chi connectivity index (χ2n) is 12.4. The lowest BCUT2D eigenvalue weighted by atomic mass is 9.95. The van der Waals surface area contributed by atoms with Gasteiger partial charge in [-0.3, -0.25) is 4.79 Å². The van der Waals surface area contributed by atoms with E-state index >= 15 is 4.79 Å². The molecule has 0 saturated heterocycles. The van der Waals surface area contributed by atoms with Crippen LogP contribution in [0.15, 0.2) is 152 Å². The first kappa shape index (κ1) is 31.2. The molecule has 4 heteroatoms. The summed E-state index contributed by atoms with van der Waals surface area (Å²) >= 11 is 0. The van der Waals surface area contributed by atoms with Crippen molar-refractivity contribution in [2.24, 2.45) is 0 Å². The summed E-state index contributed by atoms with van der Waals surface area (Å²) in [5.74, 6) is -0.0303. The SMILES string of the molecule is Cc1ccc(C)c(C(=O)C(c2nc3ccccc3nc2-c2cc(C)ccc2C)=P(c2ccccc2)(c2ccccc2)c2ccccc2)c1. The van der Waals surface area contributed by atoms with E-state index < -0.39 is 6.89 Å². The largest absolute Gasteiger partial charge is 0.288 e. The van der Waals surface area contributed by atoms with E-state index in [1.54, 1.807) is 0 Å². The third-order valence-electron chi connectivity index (χ3n) is 9.06. The normalized spacial score (nSPS) is 11.4. The first-order valence-electron chi connectivity index (χ1n) is 16.3. The maximum Gasteiger partial charge on any atom is 0.196 e. The number of para-hydroxylation sites is 2. The highest BCUT2D eigenvalue weighted by Crippen LogP contribution is 2.49. The van der Waals surface area contributed by atoms with Gasteiger partial charge in [-0.15, -0.1) is 0 Å². The number of benzene rings is 6. The van der Waals surface area contributed by atoms with Crippen LogP contribution >= 0.6 is 6.89 Å². The van der Waals surface area contributed by atoms with Crippen molar-refractivity contribution < 1.29 is 4.79 Å². The van der Waals surface area contributed by atoms with Crippen molar-refractivity contribution in [2.45, 2.75) is 27.7 Å². The van der Waals surface area contributed by atoms with E-state index in [2.05, 4.69) is 111 Å². The molecular weight excluding hydrogens is 603 g/mol. The molecule has 0 amide bonds. The van der Waals surface area contributed by atoms with Gasteiger partial charge in [0, 0.05) is 11.1 Å². The van der Waals surface area contributed by atoms with Gasteiger partial charge in [-0.25, -0.2) is 9.97 Å². The van der Waals surface area contributed by atoms with Crippen LogP contribution in [0.4, 0.5) is 0 Å². The second-order valence-corrected chi connectivity index (χ2v) is 15.7. The number of fused-ring (bicyclic) bond motifs is 1. The zero-order valence-corrected chi connectivity index (χ0v) is 28.6. The predicted octanol–water partition coefficient (Wildman–Crippen LogP) is 8.93. The standard InChI is InChI=1S/C44H37N2OP/c1-30-24-26-32(3)37(28-30)41-42(46-40-23-15-14-22-39(40)45-41)44(43(47)38-29-31(2)25-27-33(38)4)48(34-16-8-5-9-17-34,35-18-10-6-11-19-35)36-20-12-7-13-21-36/h5-29H,1-4H3. The molecule has 3 nitrogen and oxygen atoms in total. The van der Waals surface area contributed by atoms with E-state index in [0.717, 1.165) is 60.5 Å². The second kappa shape index (κ2) is 13.0. The van der Waals surface area contributed by atoms with E-state index in [-0.39, 0.29) is 5.78 Å². The van der Waals surface area contributed by atoms with Crippen LogP contribution in [0.5, 0.6) is 0 Å². The van der Waals surface area contributed by atoms with Crippen LogP contribution in [0.2, 0.25) is 0 Å². The number of Topliss-reactive ketones (excluding diaryl/α,β-unsaturated/α-hetero) is 1. The molecule has 7 rings (SSSR count). The van der Waals surface area contributed by atoms with Crippen LogP contribution in [0.25, 0.3) is 22.3 Å². The Morgan fingerprint density at radius 2 is 0.958 bits per heavy atom. The number of hydrogen-bond acceptors (Lipinski definition) is 3. The van der Waals surface area contributed by atoms with Crippen LogP contribution in [0, 0.1) is 27.7 Å². The van der Waals surface area contributed by atoms with Crippen molar-refractivity contribution in [3.05, 3.63) is 185 Å². The highest BCUT2D eigenvalue weighted by atomic mass is 31.2. The average Bonchev–Trinajstić information content (AvgIpc) is 3.13. The third-order valence-corrected chi connectivity index (χ3v) is 13.4. The molecule has 1 heterocycles. The summed E-state index contributed by atoms with van der Waals surface area (Å²) in [4.78, 5) is 26.7. The third kappa shape index (κ3) is 5.51. The minimum Gasteiger partial charge on any atom is -0.288 e. The lowest BCUT2D eigenvalue weighted by molar-refractivity contribution is 0.106. The summed E-state index contributed by atoms with van der Waals surface area (Å²) in [6.45, 7) is 5.34. The molecule has 0 aliphatic rings. The molecule has 7 aromatic rings. The molecule has 0 bridgehead atoms. The number of aryl methyl sites for hydroxylation is 4. The van der Waals surface area contributed by atoms with Gasteiger partial charge in [0.05, 0.1) is 22.0 Å². The maximum absolute atomic E-state index is 15.9. The fourth-order valence-electron chi connectivity index (χ4n) is 6.66. The summed E-state index contributed by atoms with van der Waals surface area (Å²) < 4.78 is 0. The van der Waals surface area contributed by atoms with Crippen LogP contribution in [-0.2, 0) is 0 Å². The average molecular weight is 641 g/mol. The fourth-order valence-corrected chi connectivity index (χ4v) is 11.1. The highest BCUT2D eigenvalue weighted by Gasteiger charge is 2.37. The number of nitrogens with zero attached hydrogens (tertiary/aromatic N) is 2. The summed E-state index contributed by atoms with van der Waals surface area (Å²) in [6.07, 6.45) is 0. The molecule has 1 aromatic heterocycles. The highest BCUT2D eigenvalue weighted by molar-refractivity contribution is 7.97. The molecular formula is C44H37N2OP. The van der Waals surface area contributed by atoms with Crippen LogP contribution < -0.4 is 15.9 Å². The number of ketones is 1. The minimum absolute atomic E-state index is 0.0303. The molecule has 0 radical (unpaired) electrons. The van der Waals surface area contributed by atoms with E-state index in [9.17, 15) is 0 Å². The molecule has 0 saturated carbocycles. The van der Waals surface area contributed by atoms with Gasteiger partial charge in [-0.2, -0.15) is 0 Å². The quantitative estimate of drug-likeness (QED) is 0.129. The van der Waals surface area contributed by atoms with E-state index in [0.29, 0.717) is 16.6 Å². The van der Waals surface area contributed by atoms with Gasteiger partial charge < -0.3 is 0 Å². The molecule has 0 fully saturated rings. The first-order chi connectivity index (χ1) is 23.4. The maximum atomic E-state index is 15.9. The van der Waals surface area contributed by atoms with Gasteiger partial charge in [0.15, 0.2) is 5.78 Å². The van der Waals surface area contributed by atoms with E-state index in [1.165, 1.54) is 0 Å². The Bertz CT molecular complexity index is 2240. The zero-order valence-electron chi connectivity index (χ0n) is 27.7. The summed E-state index contributed by atoms with van der Waals surface area (Å²) in [5, 5.41) is 3.92. The van der Waals surface area contributed by atoms with Crippen molar-refractivity contribution in [1.82, 2.24) is 9.97 Å². The monoisotopic (exact) mass is 640 g/mol. The lowest BCUT2D eigenvalue weighted by Crippen LogP contribution is -2.35. The van der Waals surface area contributed by atoms with Crippen molar-refractivity contribution >= 4 is 44.9 Å². The molecule has 0 unspecified atom stereocenters. The summed E-state index contributed by atoms with van der Waals surface area (Å²) in [6, 6.07) is 52.2. The number of carbonyl (C=O) groups excluding carboxylic acids is 1. The van der Waals surface area contributed by atoms with E-state index in [1.807, 2.05) is 68.4 Å². The van der Waals surface area contributed by atoms with E-state index in [4.69, 9.17) is 9.97 Å². The van der Waals surface area contributed by atoms with Gasteiger partial charge in [0.2, 0.25) is 0 Å². The van der Waals surface area contributed by atoms with Crippen molar-refractivity contribution in [3.8, 4) is 11.3 Å². The topological polar surface area (TPSA) is 42.9 Å². The molecule has 0 spiro atoms. The van der Waals surface area contributed by atoms with Gasteiger partial charge in [0.25, 0.3) is 0 Å². The Hall–Kier alpha value is -5.37. The van der Waals surface area contributed by atoms with Crippen LogP contribution in [0.3, 0.4) is 0 Å². The Kier molecular flexibility index (Phi) is 8.48. The first-order valence-corrected chi connectivity index (χ1v) is 18.1. The number of rotatable bonds is 7. The Morgan fingerprint density at radius 3 is 1.50 bits per heavy atom. The zero-order chi connectivity index (χ0) is 33.3. The van der Waals surface area contributed by atoms with Gasteiger partial charge in [0.1, 0.15) is 5.69 Å². The molecule has 48 heavy (non-hydrogen) atoms.